The lowest BCUT2D eigenvalue weighted by Gasteiger charge is -2.26. The fourth-order valence-electron chi connectivity index (χ4n) is 5.42. The Bertz CT molecular complexity index is 2210. The van der Waals surface area contributed by atoms with Gasteiger partial charge < -0.3 is 18.9 Å². The van der Waals surface area contributed by atoms with E-state index in [0.29, 0.717) is 49.5 Å². The third-order valence-electron chi connectivity index (χ3n) is 7.69. The van der Waals surface area contributed by atoms with Crippen molar-refractivity contribution in [1.82, 2.24) is 4.57 Å². The molecule has 1 aliphatic rings. The third-order valence-corrected chi connectivity index (χ3v) is 9.66. The van der Waals surface area contributed by atoms with Crippen molar-refractivity contribution in [3.05, 3.63) is 148 Å². The van der Waals surface area contributed by atoms with Crippen molar-refractivity contribution in [3.8, 4) is 17.2 Å². The van der Waals surface area contributed by atoms with Crippen LogP contribution in [0.3, 0.4) is 0 Å². The summed E-state index contributed by atoms with van der Waals surface area (Å²) >= 11 is 11.1. The van der Waals surface area contributed by atoms with Gasteiger partial charge in [-0.15, -0.1) is 0 Å². The second-order valence-electron chi connectivity index (χ2n) is 10.6. The zero-order valence-electron chi connectivity index (χ0n) is 26.2. The van der Waals surface area contributed by atoms with E-state index >= 15 is 0 Å². The molecule has 0 amide bonds. The summed E-state index contributed by atoms with van der Waals surface area (Å²) in [6.45, 7) is 2.20. The molecule has 0 bridgehead atoms. The van der Waals surface area contributed by atoms with Crippen LogP contribution < -0.4 is 29.1 Å². The number of nitrogens with zero attached hydrogens (tertiary/aromatic N) is 2. The fraction of sp³-hybridized carbons (Fsp3) is 0.162. The number of esters is 1. The summed E-state index contributed by atoms with van der Waals surface area (Å²) < 4.78 is 25.4. The van der Waals surface area contributed by atoms with Gasteiger partial charge in [0.2, 0.25) is 0 Å². The van der Waals surface area contributed by atoms with Crippen LogP contribution >= 0.6 is 38.9 Å². The lowest BCUT2D eigenvalue weighted by molar-refractivity contribution is -0.138. The van der Waals surface area contributed by atoms with Gasteiger partial charge in [-0.2, -0.15) is 0 Å². The molecule has 244 valence electrons. The molecule has 0 unspecified atom stereocenters. The normalized spacial score (nSPS) is 14.3. The minimum atomic E-state index is -0.857. The maximum Gasteiger partial charge on any atom is 0.338 e. The van der Waals surface area contributed by atoms with E-state index in [1.807, 2.05) is 78.9 Å². The van der Waals surface area contributed by atoms with E-state index in [-0.39, 0.29) is 17.7 Å². The van der Waals surface area contributed by atoms with Crippen molar-refractivity contribution in [2.24, 2.45) is 4.99 Å². The van der Waals surface area contributed by atoms with E-state index in [4.69, 9.17) is 35.5 Å². The van der Waals surface area contributed by atoms with Crippen molar-refractivity contribution in [2.75, 3.05) is 20.8 Å². The second kappa shape index (κ2) is 14.6. The molecule has 2 heterocycles. The van der Waals surface area contributed by atoms with Gasteiger partial charge in [0.25, 0.3) is 5.56 Å². The van der Waals surface area contributed by atoms with Crippen LogP contribution in [0.2, 0.25) is 5.02 Å². The maximum atomic E-state index is 14.3. The SMILES string of the molecule is CCOC(=O)C1=C(c2ccccc2)N=c2s/c(=C\c3ccc(OCc4ccccc4Cl)c(Br)c3)c(=O)n2[C@@H]1c1ccc(OC)c(OC)c1. The largest absolute Gasteiger partial charge is 0.493 e. The molecule has 1 atom stereocenters. The summed E-state index contributed by atoms with van der Waals surface area (Å²) in [5.41, 5.74) is 3.38. The van der Waals surface area contributed by atoms with Crippen molar-refractivity contribution < 1.29 is 23.7 Å². The van der Waals surface area contributed by atoms with Gasteiger partial charge in [-0.05, 0) is 70.4 Å². The number of thiazole rings is 1. The van der Waals surface area contributed by atoms with E-state index < -0.39 is 12.0 Å². The first kappa shape index (κ1) is 33.3. The number of carbonyl (C=O) groups is 1. The van der Waals surface area contributed by atoms with Crippen molar-refractivity contribution in [3.63, 3.8) is 0 Å². The van der Waals surface area contributed by atoms with E-state index in [1.54, 1.807) is 36.8 Å². The predicted octanol–water partition coefficient (Wildman–Crippen LogP) is 6.95. The topological polar surface area (TPSA) is 88.4 Å². The molecular weight excluding hydrogens is 716 g/mol. The summed E-state index contributed by atoms with van der Waals surface area (Å²) in [4.78, 5) is 33.4. The smallest absolute Gasteiger partial charge is 0.338 e. The Labute approximate surface area is 294 Å². The van der Waals surface area contributed by atoms with E-state index in [9.17, 15) is 9.59 Å². The van der Waals surface area contributed by atoms with E-state index in [2.05, 4.69) is 15.9 Å². The molecule has 0 spiro atoms. The van der Waals surface area contributed by atoms with Gasteiger partial charge in [0.05, 0.1) is 47.1 Å². The number of methoxy groups -OCH3 is 2. The van der Waals surface area contributed by atoms with Crippen molar-refractivity contribution >= 4 is 56.6 Å². The molecule has 0 radical (unpaired) electrons. The van der Waals surface area contributed by atoms with Crippen molar-refractivity contribution in [1.29, 1.82) is 0 Å². The van der Waals surface area contributed by atoms with Crippen LogP contribution in [-0.2, 0) is 16.1 Å². The molecule has 0 saturated carbocycles. The Kier molecular flexibility index (Phi) is 10.1. The zero-order valence-corrected chi connectivity index (χ0v) is 29.4. The molecule has 6 rings (SSSR count). The van der Waals surface area contributed by atoms with Gasteiger partial charge in [-0.25, -0.2) is 9.79 Å². The molecule has 0 fully saturated rings. The average molecular weight is 746 g/mol. The lowest BCUT2D eigenvalue weighted by Crippen LogP contribution is -2.40. The summed E-state index contributed by atoms with van der Waals surface area (Å²) in [6, 6.07) is 27.0. The number of hydrogen-bond acceptors (Lipinski definition) is 8. The van der Waals surface area contributed by atoms with Gasteiger partial charge in [0.1, 0.15) is 12.4 Å². The quantitative estimate of drug-likeness (QED) is 0.144. The third kappa shape index (κ3) is 6.69. The van der Waals surface area contributed by atoms with Gasteiger partial charge in [0, 0.05) is 16.1 Å². The number of carbonyl (C=O) groups excluding carboxylic acids is 1. The molecule has 0 N–H and O–H groups in total. The molecule has 0 saturated heterocycles. The van der Waals surface area contributed by atoms with Gasteiger partial charge >= 0.3 is 5.97 Å². The number of rotatable bonds is 10. The first-order chi connectivity index (χ1) is 23.3. The zero-order chi connectivity index (χ0) is 33.8. The first-order valence-electron chi connectivity index (χ1n) is 15.0. The predicted molar refractivity (Wildman–Crippen MR) is 191 cm³/mol. The summed E-state index contributed by atoms with van der Waals surface area (Å²) in [5.74, 6) is 1.04. The van der Waals surface area contributed by atoms with Crippen LogP contribution in [0.25, 0.3) is 11.8 Å². The molecule has 1 aromatic heterocycles. The average Bonchev–Trinajstić information content (AvgIpc) is 3.41. The molecule has 8 nitrogen and oxygen atoms in total. The highest BCUT2D eigenvalue weighted by Crippen LogP contribution is 2.38. The molecule has 11 heteroatoms. The van der Waals surface area contributed by atoms with Crippen LogP contribution in [-0.4, -0.2) is 31.4 Å². The van der Waals surface area contributed by atoms with Crippen LogP contribution in [0, 0.1) is 0 Å². The molecule has 4 aromatic carbocycles. The van der Waals surface area contributed by atoms with Crippen LogP contribution in [0.5, 0.6) is 17.2 Å². The standard InChI is InChI=1S/C37H30BrClN2O6S/c1-4-46-36(43)32-33(23-10-6-5-7-11-23)40-37-41(34(32)24-15-17-29(44-2)30(20-24)45-3)35(42)31(48-37)19-22-14-16-28(26(38)18-22)47-21-25-12-8-9-13-27(25)39/h5-20,34H,4,21H2,1-3H3/b31-19-/t34-/m1/s1. The summed E-state index contributed by atoms with van der Waals surface area (Å²) in [6.07, 6.45) is 1.80. The summed E-state index contributed by atoms with van der Waals surface area (Å²) in [7, 11) is 3.09. The highest BCUT2D eigenvalue weighted by molar-refractivity contribution is 9.10. The highest BCUT2D eigenvalue weighted by atomic mass is 79.9. The number of ether oxygens (including phenoxy) is 4. The number of benzene rings is 4. The minimum absolute atomic E-state index is 0.153. The van der Waals surface area contributed by atoms with Gasteiger partial charge in [-0.1, -0.05) is 83.6 Å². The van der Waals surface area contributed by atoms with Gasteiger partial charge in [0.15, 0.2) is 16.3 Å². The molecule has 48 heavy (non-hydrogen) atoms. The fourth-order valence-corrected chi connectivity index (χ4v) is 7.13. The molecule has 1 aliphatic heterocycles. The molecule has 5 aromatic rings. The number of fused-ring (bicyclic) bond motifs is 1. The Morgan fingerprint density at radius 2 is 1.69 bits per heavy atom. The van der Waals surface area contributed by atoms with E-state index in [1.165, 1.54) is 18.4 Å². The van der Waals surface area contributed by atoms with Crippen molar-refractivity contribution in [2.45, 2.75) is 19.6 Å². The van der Waals surface area contributed by atoms with Gasteiger partial charge in [-0.3, -0.25) is 9.36 Å². The lowest BCUT2D eigenvalue weighted by atomic mass is 9.93. The highest BCUT2D eigenvalue weighted by Gasteiger charge is 2.35. The van der Waals surface area contributed by atoms with Crippen LogP contribution in [0.4, 0.5) is 0 Å². The Balaban J connectivity index is 1.49. The number of aromatic nitrogens is 1. The summed E-state index contributed by atoms with van der Waals surface area (Å²) in [5, 5.41) is 0.633. The molecule has 0 aliphatic carbocycles. The Hall–Kier alpha value is -4.64. The maximum absolute atomic E-state index is 14.3. The monoisotopic (exact) mass is 744 g/mol. The Morgan fingerprint density at radius 1 is 0.958 bits per heavy atom. The van der Waals surface area contributed by atoms with Crippen LogP contribution in [0.1, 0.15) is 35.2 Å². The van der Waals surface area contributed by atoms with E-state index in [0.717, 1.165) is 21.2 Å². The Morgan fingerprint density at radius 3 is 2.40 bits per heavy atom. The molecular formula is C37H30BrClN2O6S. The number of hydrogen-bond donors (Lipinski definition) is 0. The number of halogens is 2. The van der Waals surface area contributed by atoms with Crippen LogP contribution in [0.15, 0.2) is 111 Å². The minimum Gasteiger partial charge on any atom is -0.493 e. The second-order valence-corrected chi connectivity index (χ2v) is 12.9. The first-order valence-corrected chi connectivity index (χ1v) is 17.0.